The van der Waals surface area contributed by atoms with Crippen LogP contribution in [-0.2, 0) is 9.59 Å². The summed E-state index contributed by atoms with van der Waals surface area (Å²) in [5, 5.41) is 2.20. The fourth-order valence-corrected chi connectivity index (χ4v) is 1.42. The summed E-state index contributed by atoms with van der Waals surface area (Å²) in [5.41, 5.74) is 0.319. The Morgan fingerprint density at radius 1 is 1.29 bits per heavy atom. The van der Waals surface area contributed by atoms with E-state index in [0.717, 1.165) is 0 Å². The molecule has 0 saturated carbocycles. The molecule has 0 atom stereocenters. The van der Waals surface area contributed by atoms with Gasteiger partial charge in [0.2, 0.25) is 11.7 Å². The Labute approximate surface area is 103 Å². The summed E-state index contributed by atoms with van der Waals surface area (Å²) in [5.74, 6) is -3.06. The highest BCUT2D eigenvalue weighted by Gasteiger charge is 2.39. The van der Waals surface area contributed by atoms with Gasteiger partial charge in [-0.25, -0.2) is 0 Å². The topological polar surface area (TPSA) is 46.2 Å². The van der Waals surface area contributed by atoms with Crippen molar-refractivity contribution in [2.24, 2.45) is 0 Å². The molecule has 17 heavy (non-hydrogen) atoms. The largest absolute Gasteiger partial charge is 0.450 e. The van der Waals surface area contributed by atoms with Crippen LogP contribution in [0.5, 0.6) is 0 Å². The van der Waals surface area contributed by atoms with Crippen molar-refractivity contribution >= 4 is 33.3 Å². The lowest BCUT2D eigenvalue weighted by Gasteiger charge is -2.06. The second-order valence-electron chi connectivity index (χ2n) is 3.16. The van der Waals surface area contributed by atoms with Crippen molar-refractivity contribution in [2.75, 3.05) is 5.32 Å². The van der Waals surface area contributed by atoms with Crippen LogP contribution in [0.15, 0.2) is 28.7 Å². The second-order valence-corrected chi connectivity index (χ2v) is 4.07. The summed E-state index contributed by atoms with van der Waals surface area (Å²) < 4.78 is 36.3. The van der Waals surface area contributed by atoms with Crippen LogP contribution in [0.2, 0.25) is 0 Å². The molecule has 0 unspecified atom stereocenters. The van der Waals surface area contributed by atoms with E-state index < -0.39 is 24.3 Å². The van der Waals surface area contributed by atoms with E-state index in [1.807, 2.05) is 0 Å². The third kappa shape index (κ3) is 4.56. The van der Waals surface area contributed by atoms with Crippen LogP contribution in [0.25, 0.3) is 0 Å². The van der Waals surface area contributed by atoms with Crippen molar-refractivity contribution < 1.29 is 22.8 Å². The van der Waals surface area contributed by atoms with Crippen molar-refractivity contribution in [2.45, 2.75) is 12.6 Å². The highest BCUT2D eigenvalue weighted by Crippen LogP contribution is 2.19. The molecule has 0 aliphatic rings. The Balaban J connectivity index is 2.59. The number of amides is 1. The number of rotatable bonds is 3. The molecule has 1 N–H and O–H groups in total. The lowest BCUT2D eigenvalue weighted by Crippen LogP contribution is -2.27. The fourth-order valence-electron chi connectivity index (χ4n) is 1.02. The quantitative estimate of drug-likeness (QED) is 0.873. The molecule has 92 valence electrons. The van der Waals surface area contributed by atoms with Crippen molar-refractivity contribution in [1.29, 1.82) is 0 Å². The number of ketones is 1. The first-order chi connectivity index (χ1) is 7.79. The summed E-state index contributed by atoms with van der Waals surface area (Å²) in [4.78, 5) is 21.7. The molecule has 0 spiro atoms. The van der Waals surface area contributed by atoms with Crippen LogP contribution in [0.1, 0.15) is 6.42 Å². The molecule has 0 aliphatic carbocycles. The number of Topliss-reactive ketones (excluding diaryl/α,β-unsaturated/α-hetero) is 1. The minimum Gasteiger partial charge on any atom is -0.326 e. The Bertz CT molecular complexity index is 445. The molecule has 1 amide bonds. The zero-order chi connectivity index (χ0) is 13.1. The Hall–Kier alpha value is -1.37. The summed E-state index contributed by atoms with van der Waals surface area (Å²) in [7, 11) is 0. The molecular formula is C10H7BrF3NO2. The molecule has 1 rings (SSSR count). The molecule has 1 aromatic rings. The van der Waals surface area contributed by atoms with Crippen LogP contribution in [0, 0.1) is 0 Å². The van der Waals surface area contributed by atoms with E-state index >= 15 is 0 Å². The first-order valence-corrected chi connectivity index (χ1v) is 5.24. The van der Waals surface area contributed by atoms with Gasteiger partial charge in [0.25, 0.3) is 0 Å². The zero-order valence-corrected chi connectivity index (χ0v) is 9.93. The van der Waals surface area contributed by atoms with Gasteiger partial charge in [0.05, 0.1) is 6.42 Å². The van der Waals surface area contributed by atoms with Crippen molar-refractivity contribution in [3.63, 3.8) is 0 Å². The smallest absolute Gasteiger partial charge is 0.326 e. The maximum Gasteiger partial charge on any atom is 0.450 e. The van der Waals surface area contributed by atoms with Crippen LogP contribution in [0.4, 0.5) is 18.9 Å². The molecule has 1 aromatic carbocycles. The number of benzene rings is 1. The Morgan fingerprint density at radius 3 is 2.47 bits per heavy atom. The zero-order valence-electron chi connectivity index (χ0n) is 8.34. The van der Waals surface area contributed by atoms with E-state index in [1.54, 1.807) is 12.1 Å². The predicted molar refractivity (Wildman–Crippen MR) is 58.5 cm³/mol. The summed E-state index contributed by atoms with van der Waals surface area (Å²) >= 11 is 3.14. The Kier molecular flexibility index (Phi) is 4.28. The van der Waals surface area contributed by atoms with Gasteiger partial charge in [-0.05, 0) is 18.2 Å². The molecule has 7 heteroatoms. The predicted octanol–water partition coefficient (Wildman–Crippen LogP) is 2.91. The van der Waals surface area contributed by atoms with Gasteiger partial charge in [0.1, 0.15) is 0 Å². The monoisotopic (exact) mass is 309 g/mol. The minimum atomic E-state index is -4.98. The van der Waals surface area contributed by atoms with E-state index in [0.29, 0.717) is 10.2 Å². The molecule has 0 saturated heterocycles. The first kappa shape index (κ1) is 13.7. The molecule has 0 bridgehead atoms. The average Bonchev–Trinajstić information content (AvgIpc) is 2.15. The molecule has 3 nitrogen and oxygen atoms in total. The highest BCUT2D eigenvalue weighted by molar-refractivity contribution is 9.10. The summed E-state index contributed by atoms with van der Waals surface area (Å²) in [6, 6.07) is 6.30. The number of carbonyl (C=O) groups is 2. The van der Waals surface area contributed by atoms with Gasteiger partial charge in [0.15, 0.2) is 0 Å². The van der Waals surface area contributed by atoms with E-state index in [2.05, 4.69) is 21.2 Å². The maximum absolute atomic E-state index is 11.9. The number of alkyl halides is 3. The molecule has 0 fully saturated rings. The Morgan fingerprint density at radius 2 is 1.94 bits per heavy atom. The van der Waals surface area contributed by atoms with E-state index in [4.69, 9.17) is 0 Å². The molecular weight excluding hydrogens is 303 g/mol. The molecule has 0 radical (unpaired) electrons. The van der Waals surface area contributed by atoms with Crippen molar-refractivity contribution in [3.05, 3.63) is 28.7 Å². The van der Waals surface area contributed by atoms with Gasteiger partial charge in [-0.1, -0.05) is 22.0 Å². The number of carbonyl (C=O) groups excluding carboxylic acids is 2. The summed E-state index contributed by atoms with van der Waals surface area (Å²) in [6.45, 7) is 0. The second kappa shape index (κ2) is 5.31. The normalized spacial score (nSPS) is 11.1. The maximum atomic E-state index is 11.9. The van der Waals surface area contributed by atoms with Crippen LogP contribution >= 0.6 is 15.9 Å². The lowest BCUT2D eigenvalue weighted by molar-refractivity contribution is -0.171. The minimum absolute atomic E-state index is 0.319. The van der Waals surface area contributed by atoms with Gasteiger partial charge >= 0.3 is 6.18 Å². The number of hydrogen-bond donors (Lipinski definition) is 1. The summed E-state index contributed by atoms with van der Waals surface area (Å²) in [6.07, 6.45) is -6.19. The van der Waals surface area contributed by atoms with Gasteiger partial charge in [-0.3, -0.25) is 9.59 Å². The third-order valence-electron chi connectivity index (χ3n) is 1.75. The highest BCUT2D eigenvalue weighted by atomic mass is 79.9. The standard InChI is InChI=1S/C10H7BrF3NO2/c11-6-2-1-3-7(4-6)15-9(17)5-8(16)10(12,13)14/h1-4H,5H2,(H,15,17). The average molecular weight is 310 g/mol. The number of anilines is 1. The van der Waals surface area contributed by atoms with Gasteiger partial charge in [-0.2, -0.15) is 13.2 Å². The number of halogens is 4. The SMILES string of the molecule is O=C(CC(=O)C(F)(F)F)Nc1cccc(Br)c1. The lowest BCUT2D eigenvalue weighted by atomic mass is 10.2. The van der Waals surface area contributed by atoms with Crippen LogP contribution < -0.4 is 5.32 Å². The van der Waals surface area contributed by atoms with Crippen LogP contribution in [-0.4, -0.2) is 17.9 Å². The van der Waals surface area contributed by atoms with E-state index in [9.17, 15) is 22.8 Å². The first-order valence-electron chi connectivity index (χ1n) is 4.44. The molecule has 0 aliphatic heterocycles. The van der Waals surface area contributed by atoms with E-state index in [-0.39, 0.29) is 0 Å². The van der Waals surface area contributed by atoms with Crippen molar-refractivity contribution in [3.8, 4) is 0 Å². The third-order valence-corrected chi connectivity index (χ3v) is 2.24. The fraction of sp³-hybridized carbons (Fsp3) is 0.200. The molecule has 0 heterocycles. The van der Waals surface area contributed by atoms with Gasteiger partial charge < -0.3 is 5.32 Å². The number of nitrogens with one attached hydrogen (secondary N) is 1. The molecule has 0 aromatic heterocycles. The number of hydrogen-bond acceptors (Lipinski definition) is 2. The van der Waals surface area contributed by atoms with Crippen LogP contribution in [0.3, 0.4) is 0 Å². The van der Waals surface area contributed by atoms with Gasteiger partial charge in [0, 0.05) is 10.2 Å². The van der Waals surface area contributed by atoms with Gasteiger partial charge in [-0.15, -0.1) is 0 Å². The van der Waals surface area contributed by atoms with E-state index in [1.165, 1.54) is 12.1 Å². The van der Waals surface area contributed by atoms with Crippen molar-refractivity contribution in [1.82, 2.24) is 0 Å².